The van der Waals surface area contributed by atoms with Crippen LogP contribution < -0.4 is 0 Å². The molecule has 0 aliphatic heterocycles. The van der Waals surface area contributed by atoms with E-state index in [2.05, 4.69) is 5.16 Å². The molecule has 0 spiro atoms. The number of benzene rings is 1. The largest absolute Gasteiger partial charge is 0.383 e. The predicted molar refractivity (Wildman–Crippen MR) is 115 cm³/mol. The highest BCUT2D eigenvalue weighted by Gasteiger charge is 2.13. The number of aromatic nitrogens is 1. The number of methoxy groups -OCH3 is 1. The Balaban J connectivity index is 1.60. The molecule has 0 fully saturated rings. The maximum atomic E-state index is 12.2. The number of nitrogens with zero attached hydrogens (tertiary/aromatic N) is 2. The van der Waals surface area contributed by atoms with Crippen molar-refractivity contribution in [2.45, 2.75) is 12.8 Å². The molecule has 0 unspecified atom stereocenters. The number of carbonyl (C=O) groups is 1. The molecule has 2 heterocycles. The highest BCUT2D eigenvalue weighted by molar-refractivity contribution is 7.18. The first-order valence-electron chi connectivity index (χ1n) is 9.11. The minimum absolute atomic E-state index is 0.0420. The van der Waals surface area contributed by atoms with Gasteiger partial charge in [-0.2, -0.15) is 0 Å². The van der Waals surface area contributed by atoms with Gasteiger partial charge in [-0.05, 0) is 12.1 Å². The number of likely N-dealkylation sites (N-methyl/N-ethyl adjacent to an activating group) is 1. The van der Waals surface area contributed by atoms with Crippen molar-refractivity contribution >= 4 is 34.6 Å². The van der Waals surface area contributed by atoms with Crippen LogP contribution >= 0.6 is 22.9 Å². The lowest BCUT2D eigenvalue weighted by atomic mass is 10.1. The quantitative estimate of drug-likeness (QED) is 0.299. The fourth-order valence-electron chi connectivity index (χ4n) is 2.75. The Morgan fingerprint density at radius 2 is 2.03 bits per heavy atom. The zero-order chi connectivity index (χ0) is 20.8. The third kappa shape index (κ3) is 5.53. The van der Waals surface area contributed by atoms with Crippen molar-refractivity contribution in [3.8, 4) is 11.3 Å². The van der Waals surface area contributed by atoms with Crippen LogP contribution in [0.4, 0.5) is 0 Å². The van der Waals surface area contributed by atoms with E-state index in [9.17, 15) is 4.79 Å². The molecule has 0 atom stereocenters. The van der Waals surface area contributed by atoms with Gasteiger partial charge in [-0.25, -0.2) is 0 Å². The number of rotatable bonds is 9. The van der Waals surface area contributed by atoms with Gasteiger partial charge in [0.2, 0.25) is 0 Å². The van der Waals surface area contributed by atoms with E-state index in [-0.39, 0.29) is 5.78 Å². The van der Waals surface area contributed by atoms with Gasteiger partial charge in [-0.3, -0.25) is 10.2 Å². The van der Waals surface area contributed by atoms with E-state index in [0.717, 1.165) is 11.1 Å². The van der Waals surface area contributed by atoms with Gasteiger partial charge in [-0.1, -0.05) is 41.0 Å². The lowest BCUT2D eigenvalue weighted by Gasteiger charge is -2.19. The smallest absolute Gasteiger partial charge is 0.173 e. The maximum Gasteiger partial charge on any atom is 0.173 e. The number of ketones is 1. The van der Waals surface area contributed by atoms with Crippen LogP contribution in [0.15, 0.2) is 47.0 Å². The second kappa shape index (κ2) is 9.82. The number of amidine groups is 1. The third-order valence-electron chi connectivity index (χ3n) is 4.47. The van der Waals surface area contributed by atoms with Gasteiger partial charge < -0.3 is 14.2 Å². The SMILES string of the molecule is COCCN(C)C(=N)c1ccc(-c2cc(CCC(=O)c3ccc(Cl)s3)on2)cc1. The van der Waals surface area contributed by atoms with Gasteiger partial charge >= 0.3 is 0 Å². The summed E-state index contributed by atoms with van der Waals surface area (Å²) in [5.41, 5.74) is 2.42. The number of ether oxygens (including phenoxy) is 1. The van der Waals surface area contributed by atoms with E-state index in [1.54, 1.807) is 19.2 Å². The van der Waals surface area contributed by atoms with Crippen LogP contribution in [-0.2, 0) is 11.2 Å². The Morgan fingerprint density at radius 1 is 1.28 bits per heavy atom. The van der Waals surface area contributed by atoms with E-state index in [0.29, 0.717) is 52.5 Å². The molecule has 152 valence electrons. The highest BCUT2D eigenvalue weighted by atomic mass is 35.5. The number of carbonyl (C=O) groups excluding carboxylic acids is 1. The van der Waals surface area contributed by atoms with Crippen LogP contribution in [0.5, 0.6) is 0 Å². The van der Waals surface area contributed by atoms with Crippen molar-refractivity contribution in [1.82, 2.24) is 10.1 Å². The molecular weight excluding hydrogens is 410 g/mol. The summed E-state index contributed by atoms with van der Waals surface area (Å²) in [6.07, 6.45) is 0.823. The first kappa shape index (κ1) is 21.2. The van der Waals surface area contributed by atoms with Crippen molar-refractivity contribution in [3.05, 3.63) is 63.0 Å². The number of halogens is 1. The topological polar surface area (TPSA) is 79.4 Å². The zero-order valence-corrected chi connectivity index (χ0v) is 17.8. The van der Waals surface area contributed by atoms with Crippen LogP contribution in [0.3, 0.4) is 0 Å². The normalized spacial score (nSPS) is 10.9. The van der Waals surface area contributed by atoms with E-state index in [4.69, 9.17) is 26.3 Å². The molecule has 0 radical (unpaired) electrons. The summed E-state index contributed by atoms with van der Waals surface area (Å²) >= 11 is 7.16. The van der Waals surface area contributed by atoms with Crippen LogP contribution in [0.1, 0.15) is 27.4 Å². The summed E-state index contributed by atoms with van der Waals surface area (Å²) in [4.78, 5) is 14.7. The first-order valence-corrected chi connectivity index (χ1v) is 10.3. The van der Waals surface area contributed by atoms with Gasteiger partial charge in [0.25, 0.3) is 0 Å². The number of hydrogen-bond acceptors (Lipinski definition) is 6. The van der Waals surface area contributed by atoms with Gasteiger partial charge in [0.05, 0.1) is 15.8 Å². The predicted octanol–water partition coefficient (Wildman–Crippen LogP) is 4.78. The van der Waals surface area contributed by atoms with Crippen LogP contribution in [0.2, 0.25) is 4.34 Å². The molecule has 1 aromatic carbocycles. The molecular formula is C21H22ClN3O3S. The van der Waals surface area contributed by atoms with Crippen molar-refractivity contribution < 1.29 is 14.1 Å². The molecule has 2 aromatic heterocycles. The molecule has 3 rings (SSSR count). The fraction of sp³-hybridized carbons (Fsp3) is 0.286. The Labute approximate surface area is 178 Å². The number of thiophene rings is 1. The molecule has 0 aliphatic carbocycles. The molecule has 0 aliphatic rings. The van der Waals surface area contributed by atoms with Crippen LogP contribution in [-0.4, -0.2) is 49.0 Å². The van der Waals surface area contributed by atoms with Gasteiger partial charge in [-0.15, -0.1) is 11.3 Å². The van der Waals surface area contributed by atoms with Crippen molar-refractivity contribution in [2.24, 2.45) is 0 Å². The Bertz CT molecular complexity index is 981. The van der Waals surface area contributed by atoms with Crippen molar-refractivity contribution in [3.63, 3.8) is 0 Å². The average molecular weight is 432 g/mol. The number of nitrogens with one attached hydrogen (secondary N) is 1. The minimum atomic E-state index is 0.0420. The number of hydrogen-bond donors (Lipinski definition) is 1. The molecule has 3 aromatic rings. The monoisotopic (exact) mass is 431 g/mol. The van der Waals surface area contributed by atoms with Gasteiger partial charge in [0.15, 0.2) is 5.78 Å². The van der Waals surface area contributed by atoms with Gasteiger partial charge in [0.1, 0.15) is 17.3 Å². The van der Waals surface area contributed by atoms with Crippen LogP contribution in [0, 0.1) is 5.41 Å². The maximum absolute atomic E-state index is 12.2. The van der Waals surface area contributed by atoms with Crippen molar-refractivity contribution in [1.29, 1.82) is 5.41 Å². The lowest BCUT2D eigenvalue weighted by Crippen LogP contribution is -2.29. The second-order valence-corrected chi connectivity index (χ2v) is 8.26. The van der Waals surface area contributed by atoms with E-state index in [1.807, 2.05) is 42.3 Å². The fourth-order valence-corrected chi connectivity index (χ4v) is 3.76. The molecule has 6 nitrogen and oxygen atoms in total. The Hall–Kier alpha value is -2.48. The summed E-state index contributed by atoms with van der Waals surface area (Å²) in [6, 6.07) is 12.9. The number of aryl methyl sites for hydroxylation is 1. The second-order valence-electron chi connectivity index (χ2n) is 6.55. The molecule has 0 saturated carbocycles. The summed E-state index contributed by atoms with van der Waals surface area (Å²) in [7, 11) is 3.51. The Morgan fingerprint density at radius 3 is 2.69 bits per heavy atom. The van der Waals surface area contributed by atoms with E-state index < -0.39 is 0 Å². The Kier molecular flexibility index (Phi) is 7.19. The van der Waals surface area contributed by atoms with Crippen LogP contribution in [0.25, 0.3) is 11.3 Å². The molecule has 0 amide bonds. The molecule has 8 heteroatoms. The van der Waals surface area contributed by atoms with Gasteiger partial charge in [0, 0.05) is 50.7 Å². The van der Waals surface area contributed by atoms with E-state index in [1.165, 1.54) is 11.3 Å². The molecule has 0 bridgehead atoms. The summed E-state index contributed by atoms with van der Waals surface area (Å²) in [5.74, 6) is 1.13. The summed E-state index contributed by atoms with van der Waals surface area (Å²) in [5, 5.41) is 12.4. The lowest BCUT2D eigenvalue weighted by molar-refractivity contribution is 0.0984. The standard InChI is InChI=1S/C21H22ClN3O3S/c1-25(11-12-27-2)21(23)15-5-3-14(4-6-15)17-13-16(28-24-17)7-8-18(26)19-9-10-20(22)29-19/h3-6,9-10,13,23H,7-8,11-12H2,1-2H3. The third-order valence-corrected chi connectivity index (χ3v) is 5.74. The van der Waals surface area contributed by atoms with Crippen molar-refractivity contribution in [2.75, 3.05) is 27.3 Å². The molecule has 0 saturated heterocycles. The zero-order valence-electron chi connectivity index (χ0n) is 16.3. The summed E-state index contributed by atoms with van der Waals surface area (Å²) < 4.78 is 11.0. The van der Waals surface area contributed by atoms with E-state index >= 15 is 0 Å². The average Bonchev–Trinajstić information content (AvgIpc) is 3.39. The summed E-state index contributed by atoms with van der Waals surface area (Å²) in [6.45, 7) is 1.22. The minimum Gasteiger partial charge on any atom is -0.383 e. The molecule has 29 heavy (non-hydrogen) atoms. The first-order chi connectivity index (χ1) is 14.0. The highest BCUT2D eigenvalue weighted by Crippen LogP contribution is 2.24. The number of Topliss-reactive ketones (excluding diaryl/α,β-unsaturated/α-hetero) is 1. The molecule has 1 N–H and O–H groups in total.